The van der Waals surface area contributed by atoms with E-state index in [0.29, 0.717) is 0 Å². The molecule has 0 rings (SSSR count). The molecule has 0 saturated heterocycles. The van der Waals surface area contributed by atoms with Gasteiger partial charge in [-0.1, -0.05) is 92.1 Å². The van der Waals surface area contributed by atoms with E-state index in [-0.39, 0.29) is 47.0 Å². The molecule has 0 heterocycles. The van der Waals surface area contributed by atoms with Crippen LogP contribution in [0.2, 0.25) is 0 Å². The van der Waals surface area contributed by atoms with Crippen LogP contribution < -0.4 is 34.4 Å². The van der Waals surface area contributed by atoms with Crippen LogP contribution in [0.15, 0.2) is 0 Å². The third-order valence-electron chi connectivity index (χ3n) is 3.79. The molecule has 20 heteroatoms. The number of rotatable bonds is 12. The van der Waals surface area contributed by atoms with E-state index < -0.39 is 0 Å². The Kier molecular flexibility index (Phi) is 82.1. The Morgan fingerprint density at radius 1 is 0.500 bits per heavy atom. The van der Waals surface area contributed by atoms with Crippen LogP contribution in [0, 0.1) is 11.8 Å². The molecule has 0 radical (unpaired) electrons. The summed E-state index contributed by atoms with van der Waals surface area (Å²) in [6, 6.07) is 0. The predicted octanol–water partition coefficient (Wildman–Crippen LogP) is 4.81. The van der Waals surface area contributed by atoms with Crippen LogP contribution in [0.1, 0.15) is 79.1 Å². The number of nitrogens with two attached hydrogens (primary N) is 6. The number of hydrogen-bond acceptors (Lipinski definition) is 13. The zero-order valence-electron chi connectivity index (χ0n) is 24.4. The minimum Gasteiger partial charge on any atom is -0.415 e. The summed E-state index contributed by atoms with van der Waals surface area (Å²) >= 11 is 51.8. The van der Waals surface area contributed by atoms with Crippen molar-refractivity contribution in [1.29, 1.82) is 0 Å². The molecule has 0 bridgehead atoms. The fourth-order valence-corrected chi connectivity index (χ4v) is 3.81. The van der Waals surface area contributed by atoms with Crippen LogP contribution in [0.25, 0.3) is 0 Å². The van der Waals surface area contributed by atoms with Crippen LogP contribution in [0.3, 0.4) is 0 Å². The Bertz CT molecular complexity index is 515. The van der Waals surface area contributed by atoms with Gasteiger partial charge >= 0.3 is 0 Å². The molecule has 0 amide bonds. The molecule has 0 saturated carbocycles. The first-order valence-electron chi connectivity index (χ1n) is 12.0. The third-order valence-corrected chi connectivity index (χ3v) is 5.21. The van der Waals surface area contributed by atoms with Gasteiger partial charge in [-0.05, 0) is 36.2 Å². The SMILES string of the molecule is CCCCC(CC)CSCC(CC)CCCC.NC(=S)[S-].NC(=S)[S-].NC(=S)[S-].NC(=S)[S-].NC(=S)[S-].NC(=S)[S-].[Mo]. The van der Waals surface area contributed by atoms with Gasteiger partial charge in [0.2, 0.25) is 0 Å². The van der Waals surface area contributed by atoms with E-state index in [9.17, 15) is 0 Å². The summed E-state index contributed by atoms with van der Waals surface area (Å²) in [4.78, 5) is 0. The zero-order valence-corrected chi connectivity index (χ0v) is 37.0. The molecule has 0 spiro atoms. The number of unbranched alkanes of at least 4 members (excludes halogenated alkanes) is 2. The fourth-order valence-electron chi connectivity index (χ4n) is 2.20. The molecule has 0 aliphatic carbocycles. The van der Waals surface area contributed by atoms with Crippen LogP contribution >= 0.6 is 85.1 Å². The van der Waals surface area contributed by atoms with E-state index in [4.69, 9.17) is 0 Å². The van der Waals surface area contributed by atoms with E-state index >= 15 is 0 Å². The molecule has 0 aliphatic rings. The minimum absolute atomic E-state index is 0. The molecule has 42 heavy (non-hydrogen) atoms. The van der Waals surface area contributed by atoms with Crippen LogP contribution in [-0.4, -0.2) is 37.4 Å². The van der Waals surface area contributed by atoms with Gasteiger partial charge < -0.3 is 183 Å². The monoisotopic (exact) mass is 908 g/mol. The van der Waals surface area contributed by atoms with Gasteiger partial charge in [0, 0.05) is 21.1 Å². The van der Waals surface area contributed by atoms with Crippen molar-refractivity contribution in [3.8, 4) is 0 Å². The Balaban J connectivity index is -0.0000000631. The minimum atomic E-state index is 0. The average molecular weight is 907 g/mol. The van der Waals surface area contributed by atoms with Crippen LogP contribution in [0.4, 0.5) is 0 Å². The molecule has 2 unspecified atom stereocenters. The second-order valence-corrected chi connectivity index (χ2v) is 15.2. The topological polar surface area (TPSA) is 156 Å². The van der Waals surface area contributed by atoms with Gasteiger partial charge in [-0.2, -0.15) is 11.8 Å². The molecule has 0 aromatic carbocycles. The van der Waals surface area contributed by atoms with Crippen molar-refractivity contribution in [2.45, 2.75) is 79.1 Å². The maximum atomic E-state index is 4.66. The largest absolute Gasteiger partial charge is 0.415 e. The summed E-state index contributed by atoms with van der Waals surface area (Å²) in [6.07, 6.45) is 11.2. The smallest absolute Gasteiger partial charge is 0 e. The summed E-state index contributed by atoms with van der Waals surface area (Å²) in [5.74, 6) is 4.75. The Morgan fingerprint density at radius 3 is 0.786 bits per heavy atom. The van der Waals surface area contributed by atoms with Crippen molar-refractivity contribution >= 4 is 187 Å². The molecular formula is C22H46MoN6S13-6. The maximum Gasteiger partial charge on any atom is 0 e. The Hall–Kier alpha value is 1.70. The summed E-state index contributed by atoms with van der Waals surface area (Å²) in [5.41, 5.74) is 27.9. The molecular weight excluding hydrogens is 861 g/mol. The number of hydrogen-bond donors (Lipinski definition) is 6. The van der Waals surface area contributed by atoms with Gasteiger partial charge in [0.15, 0.2) is 0 Å². The van der Waals surface area contributed by atoms with Crippen molar-refractivity contribution in [1.82, 2.24) is 0 Å². The van der Waals surface area contributed by atoms with E-state index in [1.807, 2.05) is 0 Å². The van der Waals surface area contributed by atoms with Gasteiger partial charge in [-0.15, -0.1) is 0 Å². The molecule has 2 atom stereocenters. The average Bonchev–Trinajstić information content (AvgIpc) is 2.76. The molecule has 0 aromatic rings. The molecule has 0 aromatic heterocycles. The fraction of sp³-hybridized carbons (Fsp3) is 0.727. The molecule has 0 fully saturated rings. The van der Waals surface area contributed by atoms with E-state index in [1.165, 1.54) is 62.9 Å². The second-order valence-electron chi connectivity index (χ2n) is 7.28. The zero-order chi connectivity index (χ0) is 34.4. The van der Waals surface area contributed by atoms with Gasteiger partial charge in [-0.3, -0.25) is 0 Å². The molecule has 6 nitrogen and oxygen atoms in total. The first kappa shape index (κ1) is 62.5. The standard InChI is InChI=1S/C16H34S.6CH3NS2.Mo/c1-5-9-11-15(7-3)13-17-14-16(8-4)12-10-6-2;6*2-1(3)4;/h15-16H,5-14H2,1-4H3;6*(H3,2,3,4);/p-6. The normalized spacial score (nSPS) is 9.43. The second kappa shape index (κ2) is 55.1. The van der Waals surface area contributed by atoms with E-state index in [2.05, 4.69) is 223 Å². The summed E-state index contributed by atoms with van der Waals surface area (Å²) in [6.45, 7) is 9.32. The quantitative estimate of drug-likeness (QED) is 0.0901. The summed E-state index contributed by atoms with van der Waals surface area (Å²) < 4.78 is 0.500. The molecule has 254 valence electrons. The van der Waals surface area contributed by atoms with Crippen molar-refractivity contribution in [3.05, 3.63) is 0 Å². The van der Waals surface area contributed by atoms with Crippen molar-refractivity contribution in [3.63, 3.8) is 0 Å². The number of thioether (sulfide) groups is 1. The third kappa shape index (κ3) is 178. The Labute approximate surface area is 340 Å². The first-order chi connectivity index (χ1) is 18.7. The van der Waals surface area contributed by atoms with Gasteiger partial charge in [0.25, 0.3) is 0 Å². The first-order valence-corrected chi connectivity index (χ1v) is 18.1. The van der Waals surface area contributed by atoms with E-state index in [0.717, 1.165) is 11.8 Å². The maximum absolute atomic E-state index is 4.66. The summed E-state index contributed by atoms with van der Waals surface area (Å²) in [5, 5.41) is 0. The molecule has 12 N–H and O–H groups in total. The predicted molar refractivity (Wildman–Crippen MR) is 229 cm³/mol. The van der Waals surface area contributed by atoms with E-state index in [1.54, 1.807) is 0 Å². The van der Waals surface area contributed by atoms with Crippen molar-refractivity contribution in [2.24, 2.45) is 46.2 Å². The van der Waals surface area contributed by atoms with Crippen LogP contribution in [-0.2, 0) is 96.8 Å². The number of thiocarbonyl (C=S) groups is 6. The van der Waals surface area contributed by atoms with Crippen molar-refractivity contribution < 1.29 is 21.1 Å². The van der Waals surface area contributed by atoms with Crippen molar-refractivity contribution in [2.75, 3.05) is 11.5 Å². The van der Waals surface area contributed by atoms with Crippen LogP contribution in [0.5, 0.6) is 0 Å². The Morgan fingerprint density at radius 2 is 0.667 bits per heavy atom. The molecule has 0 aliphatic heterocycles. The van der Waals surface area contributed by atoms with Gasteiger partial charge in [-0.25, -0.2) is 0 Å². The van der Waals surface area contributed by atoms with Gasteiger partial charge in [0.1, 0.15) is 0 Å². The summed E-state index contributed by atoms with van der Waals surface area (Å²) in [7, 11) is 0. The van der Waals surface area contributed by atoms with Gasteiger partial charge in [0.05, 0.1) is 0 Å².